The third kappa shape index (κ3) is 3.95. The molecule has 0 amide bonds. The number of hydrogen-bond donors (Lipinski definition) is 1. The number of hydrogen-bond acceptors (Lipinski definition) is 2. The molecule has 0 heterocycles. The maximum absolute atomic E-state index is 9.19. The monoisotopic (exact) mass is 182 g/mol. The zero-order chi connectivity index (χ0) is 10.3. The molecule has 2 nitrogen and oxygen atoms in total. The van der Waals surface area contributed by atoms with Crippen molar-refractivity contribution in [2.45, 2.75) is 26.9 Å². The van der Waals surface area contributed by atoms with Crippen LogP contribution in [-0.2, 0) is 0 Å². The second-order valence-electron chi connectivity index (χ2n) is 2.45. The Labute approximate surface area is 80.2 Å². The smallest absolute Gasteiger partial charge is 0.119 e. The molecule has 0 aliphatic rings. The largest absolute Gasteiger partial charge is 0.497 e. The lowest BCUT2D eigenvalue weighted by atomic mass is 10.1. The Bertz CT molecular complexity index is 231. The summed E-state index contributed by atoms with van der Waals surface area (Å²) in [5.41, 5.74) is 0.879. The summed E-state index contributed by atoms with van der Waals surface area (Å²) in [4.78, 5) is 0. The Kier molecular flexibility index (Phi) is 5.98. The topological polar surface area (TPSA) is 29.5 Å². The molecule has 0 radical (unpaired) electrons. The molecule has 0 aliphatic heterocycles. The molecule has 13 heavy (non-hydrogen) atoms. The molecule has 0 saturated heterocycles. The van der Waals surface area contributed by atoms with E-state index in [2.05, 4.69) is 0 Å². The first kappa shape index (κ1) is 12.0. The standard InChI is InChI=1S/C9H12O2.C2H6/c1-7(10)8-4-3-5-9(6-8)11-2;1-2/h3-7,10H,1-2H3;1-2H3. The lowest BCUT2D eigenvalue weighted by Gasteiger charge is -2.05. The van der Waals surface area contributed by atoms with Gasteiger partial charge in [-0.15, -0.1) is 0 Å². The molecule has 74 valence electrons. The van der Waals surface area contributed by atoms with Crippen molar-refractivity contribution < 1.29 is 9.84 Å². The van der Waals surface area contributed by atoms with Crippen molar-refractivity contribution in [1.82, 2.24) is 0 Å². The van der Waals surface area contributed by atoms with Gasteiger partial charge in [0.2, 0.25) is 0 Å². The normalized spacial score (nSPS) is 11.2. The molecule has 2 heteroatoms. The van der Waals surface area contributed by atoms with Crippen molar-refractivity contribution in [3.05, 3.63) is 29.8 Å². The Morgan fingerprint density at radius 1 is 1.31 bits per heavy atom. The molecule has 0 aliphatic carbocycles. The van der Waals surface area contributed by atoms with Crippen molar-refractivity contribution >= 4 is 0 Å². The average molecular weight is 182 g/mol. The van der Waals surface area contributed by atoms with E-state index in [1.165, 1.54) is 0 Å². The Morgan fingerprint density at radius 3 is 2.38 bits per heavy atom. The van der Waals surface area contributed by atoms with Crippen molar-refractivity contribution in [3.63, 3.8) is 0 Å². The summed E-state index contributed by atoms with van der Waals surface area (Å²) in [6.45, 7) is 5.73. The lowest BCUT2D eigenvalue weighted by molar-refractivity contribution is 0.199. The van der Waals surface area contributed by atoms with Gasteiger partial charge in [-0.2, -0.15) is 0 Å². The fourth-order valence-corrected chi connectivity index (χ4v) is 0.901. The van der Waals surface area contributed by atoms with Crippen LogP contribution in [0.5, 0.6) is 5.75 Å². The fourth-order valence-electron chi connectivity index (χ4n) is 0.901. The van der Waals surface area contributed by atoms with Crippen LogP contribution >= 0.6 is 0 Å². The van der Waals surface area contributed by atoms with Crippen LogP contribution in [0.4, 0.5) is 0 Å². The Hall–Kier alpha value is -1.02. The van der Waals surface area contributed by atoms with Gasteiger partial charge in [0.1, 0.15) is 5.75 Å². The van der Waals surface area contributed by atoms with E-state index >= 15 is 0 Å². The molecule has 0 saturated carbocycles. The molecule has 1 aromatic carbocycles. The molecule has 0 fully saturated rings. The highest BCUT2D eigenvalue weighted by Crippen LogP contribution is 2.17. The summed E-state index contributed by atoms with van der Waals surface area (Å²) in [5.74, 6) is 0.781. The maximum Gasteiger partial charge on any atom is 0.119 e. The Morgan fingerprint density at radius 2 is 1.92 bits per heavy atom. The maximum atomic E-state index is 9.19. The highest BCUT2D eigenvalue weighted by atomic mass is 16.5. The summed E-state index contributed by atoms with van der Waals surface area (Å²) >= 11 is 0. The van der Waals surface area contributed by atoms with Gasteiger partial charge in [-0.25, -0.2) is 0 Å². The molecule has 0 bridgehead atoms. The predicted molar refractivity (Wildman–Crippen MR) is 55.0 cm³/mol. The van der Waals surface area contributed by atoms with Gasteiger partial charge in [-0.05, 0) is 24.6 Å². The molecule has 1 atom stereocenters. The van der Waals surface area contributed by atoms with Gasteiger partial charge >= 0.3 is 0 Å². The predicted octanol–water partition coefficient (Wildman–Crippen LogP) is 2.77. The third-order valence-electron chi connectivity index (χ3n) is 1.58. The summed E-state index contributed by atoms with van der Waals surface area (Å²) < 4.78 is 4.99. The van der Waals surface area contributed by atoms with Crippen molar-refractivity contribution in [2.24, 2.45) is 0 Å². The second-order valence-corrected chi connectivity index (χ2v) is 2.45. The van der Waals surface area contributed by atoms with Crippen molar-refractivity contribution in [1.29, 1.82) is 0 Å². The van der Waals surface area contributed by atoms with Gasteiger partial charge in [0.05, 0.1) is 13.2 Å². The van der Waals surface area contributed by atoms with Crippen LogP contribution < -0.4 is 4.74 Å². The van der Waals surface area contributed by atoms with Crippen LogP contribution in [0, 0.1) is 0 Å². The number of aliphatic hydroxyl groups excluding tert-OH is 1. The van der Waals surface area contributed by atoms with E-state index in [0.29, 0.717) is 0 Å². The van der Waals surface area contributed by atoms with E-state index in [1.54, 1.807) is 14.0 Å². The van der Waals surface area contributed by atoms with Crippen LogP contribution in [-0.4, -0.2) is 12.2 Å². The minimum Gasteiger partial charge on any atom is -0.497 e. The van der Waals surface area contributed by atoms with Crippen molar-refractivity contribution in [2.75, 3.05) is 7.11 Å². The van der Waals surface area contributed by atoms with E-state index in [9.17, 15) is 5.11 Å². The number of ether oxygens (including phenoxy) is 1. The summed E-state index contributed by atoms with van der Waals surface area (Å²) in [6, 6.07) is 7.41. The van der Waals surface area contributed by atoms with E-state index in [-0.39, 0.29) is 0 Å². The quantitative estimate of drug-likeness (QED) is 0.762. The van der Waals surface area contributed by atoms with E-state index in [4.69, 9.17) is 4.74 Å². The highest BCUT2D eigenvalue weighted by Gasteiger charge is 2.00. The van der Waals surface area contributed by atoms with Crippen LogP contribution in [0.15, 0.2) is 24.3 Å². The third-order valence-corrected chi connectivity index (χ3v) is 1.58. The molecule has 1 N–H and O–H groups in total. The van der Waals surface area contributed by atoms with E-state index in [0.717, 1.165) is 11.3 Å². The number of aliphatic hydroxyl groups is 1. The summed E-state index contributed by atoms with van der Waals surface area (Å²) in [7, 11) is 1.61. The van der Waals surface area contributed by atoms with Crippen LogP contribution in [0.1, 0.15) is 32.4 Å². The van der Waals surface area contributed by atoms with Gasteiger partial charge in [0.25, 0.3) is 0 Å². The number of rotatable bonds is 2. The summed E-state index contributed by atoms with van der Waals surface area (Å²) in [5, 5.41) is 9.19. The Balaban J connectivity index is 0.000000671. The van der Waals surface area contributed by atoms with Gasteiger partial charge < -0.3 is 9.84 Å². The SMILES string of the molecule is CC.COc1cccc(C(C)O)c1. The van der Waals surface area contributed by atoms with E-state index in [1.807, 2.05) is 38.1 Å². The lowest BCUT2D eigenvalue weighted by Crippen LogP contribution is -1.91. The number of benzene rings is 1. The minimum atomic E-state index is -0.426. The second kappa shape index (κ2) is 6.49. The molecular weight excluding hydrogens is 164 g/mol. The van der Waals surface area contributed by atoms with E-state index < -0.39 is 6.10 Å². The van der Waals surface area contributed by atoms with Gasteiger partial charge in [-0.1, -0.05) is 26.0 Å². The average Bonchev–Trinajstić information content (AvgIpc) is 2.21. The van der Waals surface area contributed by atoms with Crippen molar-refractivity contribution in [3.8, 4) is 5.75 Å². The number of methoxy groups -OCH3 is 1. The van der Waals surface area contributed by atoms with Gasteiger partial charge in [0, 0.05) is 0 Å². The minimum absolute atomic E-state index is 0.426. The van der Waals surface area contributed by atoms with Crippen LogP contribution in [0.25, 0.3) is 0 Å². The molecule has 0 aromatic heterocycles. The first-order chi connectivity index (χ1) is 6.24. The van der Waals surface area contributed by atoms with Crippen LogP contribution in [0.2, 0.25) is 0 Å². The van der Waals surface area contributed by atoms with Gasteiger partial charge in [-0.3, -0.25) is 0 Å². The molecule has 0 spiro atoms. The first-order valence-corrected chi connectivity index (χ1v) is 4.56. The molecule has 1 aromatic rings. The fraction of sp³-hybridized carbons (Fsp3) is 0.455. The van der Waals surface area contributed by atoms with Gasteiger partial charge in [0.15, 0.2) is 0 Å². The summed E-state index contributed by atoms with van der Waals surface area (Å²) in [6.07, 6.45) is -0.426. The molecular formula is C11H18O2. The zero-order valence-corrected chi connectivity index (χ0v) is 8.74. The van der Waals surface area contributed by atoms with Crippen LogP contribution in [0.3, 0.4) is 0 Å². The highest BCUT2D eigenvalue weighted by molar-refractivity contribution is 5.29. The zero-order valence-electron chi connectivity index (χ0n) is 8.74. The first-order valence-electron chi connectivity index (χ1n) is 4.56. The molecule has 1 unspecified atom stereocenters. The molecule has 1 rings (SSSR count).